The van der Waals surface area contributed by atoms with Crippen LogP contribution in [0.25, 0.3) is 0 Å². The Morgan fingerprint density at radius 2 is 1.48 bits per heavy atom. The molecule has 3 rings (SSSR count). The van der Waals surface area contributed by atoms with E-state index < -0.39 is 0 Å². The lowest BCUT2D eigenvalue weighted by Gasteiger charge is -2.28. The minimum atomic E-state index is -0.195. The fourth-order valence-corrected chi connectivity index (χ4v) is 3.50. The number of aliphatic hydroxyl groups excluding tert-OH is 2. The predicted molar refractivity (Wildman–Crippen MR) is 89.0 cm³/mol. The molecule has 0 atom stereocenters. The van der Waals surface area contributed by atoms with Crippen molar-refractivity contribution in [3.63, 3.8) is 0 Å². The number of nitrogens with zero attached hydrogens (tertiary/aromatic N) is 1. The van der Waals surface area contributed by atoms with E-state index in [2.05, 4.69) is 0 Å². The quantitative estimate of drug-likeness (QED) is 0.826. The molecule has 0 radical (unpaired) electrons. The first-order valence-electron chi connectivity index (χ1n) is 8.53. The number of pyridine rings is 1. The lowest BCUT2D eigenvalue weighted by Crippen LogP contribution is -2.32. The summed E-state index contributed by atoms with van der Waals surface area (Å²) in [5, 5.41) is 19.1. The second kappa shape index (κ2) is 7.64. The van der Waals surface area contributed by atoms with Gasteiger partial charge < -0.3 is 19.8 Å². The van der Waals surface area contributed by atoms with E-state index in [1.807, 2.05) is 18.3 Å². The Bertz CT molecular complexity index is 515. The molecule has 128 valence electrons. The van der Waals surface area contributed by atoms with Crippen LogP contribution < -0.4 is 9.57 Å². The summed E-state index contributed by atoms with van der Waals surface area (Å²) in [6, 6.07) is 3.75. The Hall–Kier alpha value is -1.11. The molecule has 1 heterocycles. The van der Waals surface area contributed by atoms with Gasteiger partial charge in [-0.25, -0.2) is 0 Å². The van der Waals surface area contributed by atoms with Crippen LogP contribution in [0.2, 0.25) is 0 Å². The summed E-state index contributed by atoms with van der Waals surface area (Å²) in [7, 11) is 0. The van der Waals surface area contributed by atoms with Crippen LogP contribution in [-0.4, -0.2) is 39.4 Å². The summed E-state index contributed by atoms with van der Waals surface area (Å²) in [5.41, 5.74) is 0. The van der Waals surface area contributed by atoms with E-state index in [1.54, 1.807) is 4.73 Å². The fraction of sp³-hybridized carbons (Fsp3) is 0.706. The molecule has 2 aliphatic carbocycles. The first kappa shape index (κ1) is 16.7. The predicted octanol–water partition coefficient (Wildman–Crippen LogP) is 2.63. The third-order valence-corrected chi connectivity index (χ3v) is 5.10. The molecule has 0 amide bonds. The Morgan fingerprint density at radius 1 is 0.913 bits per heavy atom. The average Bonchev–Trinajstić information content (AvgIpc) is 2.55. The highest BCUT2D eigenvalue weighted by Crippen LogP contribution is 2.25. The zero-order valence-corrected chi connectivity index (χ0v) is 14.1. The van der Waals surface area contributed by atoms with Crippen LogP contribution in [0.5, 0.6) is 5.75 Å². The SMILES string of the molecule is OC1CCC(Oc2cccn(OC3CCC(O)CC3)c2=S)CC1. The van der Waals surface area contributed by atoms with Crippen molar-refractivity contribution >= 4 is 12.2 Å². The maximum Gasteiger partial charge on any atom is 0.184 e. The number of aliphatic hydroxyl groups is 2. The number of hydrogen-bond donors (Lipinski definition) is 2. The van der Waals surface area contributed by atoms with Gasteiger partial charge in [-0.2, -0.15) is 4.73 Å². The monoisotopic (exact) mass is 339 g/mol. The summed E-state index contributed by atoms with van der Waals surface area (Å²) in [6.45, 7) is 0. The molecule has 0 unspecified atom stereocenters. The molecule has 2 N–H and O–H groups in total. The highest BCUT2D eigenvalue weighted by molar-refractivity contribution is 7.71. The molecule has 0 spiro atoms. The van der Waals surface area contributed by atoms with E-state index >= 15 is 0 Å². The summed E-state index contributed by atoms with van der Waals surface area (Å²) in [5.74, 6) is 0.666. The Kier molecular flexibility index (Phi) is 5.56. The molecular formula is C17H25NO4S. The van der Waals surface area contributed by atoms with Crippen molar-refractivity contribution in [3.05, 3.63) is 23.0 Å². The lowest BCUT2D eigenvalue weighted by atomic mass is 9.95. The molecule has 2 saturated carbocycles. The molecular weight excluding hydrogens is 314 g/mol. The third kappa shape index (κ3) is 4.46. The standard InChI is InChI=1S/C17H25NO4S/c19-12-3-7-14(8-4-12)21-16-2-1-11-18(17(16)23)22-15-9-5-13(20)6-10-15/h1-2,11-15,19-20H,3-10H2. The topological polar surface area (TPSA) is 63.9 Å². The van der Waals surface area contributed by atoms with Gasteiger partial charge in [0, 0.05) is 6.20 Å². The smallest absolute Gasteiger partial charge is 0.184 e. The molecule has 2 aliphatic rings. The molecule has 0 aromatic carbocycles. The first-order chi connectivity index (χ1) is 11.1. The van der Waals surface area contributed by atoms with Crippen molar-refractivity contribution in [1.29, 1.82) is 0 Å². The zero-order valence-electron chi connectivity index (χ0n) is 13.3. The van der Waals surface area contributed by atoms with E-state index in [-0.39, 0.29) is 24.4 Å². The number of aromatic nitrogens is 1. The van der Waals surface area contributed by atoms with Crippen molar-refractivity contribution in [2.75, 3.05) is 0 Å². The van der Waals surface area contributed by atoms with Crippen molar-refractivity contribution in [1.82, 2.24) is 4.73 Å². The highest BCUT2D eigenvalue weighted by Gasteiger charge is 2.23. The maximum atomic E-state index is 9.57. The van der Waals surface area contributed by atoms with Gasteiger partial charge in [0.15, 0.2) is 10.4 Å². The van der Waals surface area contributed by atoms with Crippen molar-refractivity contribution in [2.45, 2.75) is 75.8 Å². The first-order valence-corrected chi connectivity index (χ1v) is 8.94. The Balaban J connectivity index is 1.63. The molecule has 0 bridgehead atoms. The van der Waals surface area contributed by atoms with Crippen LogP contribution in [0.15, 0.2) is 18.3 Å². The van der Waals surface area contributed by atoms with Gasteiger partial charge in [0.25, 0.3) is 0 Å². The van der Waals surface area contributed by atoms with Gasteiger partial charge in [-0.3, -0.25) is 0 Å². The molecule has 2 fully saturated rings. The van der Waals surface area contributed by atoms with Gasteiger partial charge in [-0.1, -0.05) is 12.2 Å². The lowest BCUT2D eigenvalue weighted by molar-refractivity contribution is -0.0157. The van der Waals surface area contributed by atoms with Gasteiger partial charge in [0.1, 0.15) is 6.10 Å². The van der Waals surface area contributed by atoms with Crippen LogP contribution in [-0.2, 0) is 0 Å². The highest BCUT2D eigenvalue weighted by atomic mass is 32.1. The van der Waals surface area contributed by atoms with Gasteiger partial charge in [0.2, 0.25) is 0 Å². The molecule has 23 heavy (non-hydrogen) atoms. The number of rotatable bonds is 4. The minimum absolute atomic E-state index is 0.0881. The van der Waals surface area contributed by atoms with Crippen LogP contribution in [0.4, 0.5) is 0 Å². The molecule has 1 aromatic rings. The summed E-state index contributed by atoms with van der Waals surface area (Å²) in [4.78, 5) is 5.96. The third-order valence-electron chi connectivity index (χ3n) is 4.72. The van der Waals surface area contributed by atoms with Crippen LogP contribution in [0.3, 0.4) is 0 Å². The fourth-order valence-electron chi connectivity index (χ4n) is 3.28. The maximum absolute atomic E-state index is 9.57. The van der Waals surface area contributed by atoms with Crippen molar-refractivity contribution in [3.8, 4) is 5.75 Å². The van der Waals surface area contributed by atoms with Crippen molar-refractivity contribution < 1.29 is 19.8 Å². The van der Waals surface area contributed by atoms with Crippen LogP contribution >= 0.6 is 12.2 Å². The number of hydrogen-bond acceptors (Lipinski definition) is 5. The largest absolute Gasteiger partial charge is 0.487 e. The van der Waals surface area contributed by atoms with Gasteiger partial charge in [-0.05, 0) is 63.5 Å². The van der Waals surface area contributed by atoms with Crippen LogP contribution in [0, 0.1) is 4.64 Å². The normalized spacial score (nSPS) is 31.6. The van der Waals surface area contributed by atoms with Gasteiger partial charge >= 0.3 is 0 Å². The second-order valence-electron chi connectivity index (χ2n) is 6.59. The summed E-state index contributed by atoms with van der Waals surface area (Å²) < 4.78 is 8.19. The molecule has 1 aromatic heterocycles. The van der Waals surface area contributed by atoms with E-state index in [0.29, 0.717) is 10.4 Å². The summed E-state index contributed by atoms with van der Waals surface area (Å²) >= 11 is 5.49. The minimum Gasteiger partial charge on any atom is -0.487 e. The molecule has 0 aliphatic heterocycles. The zero-order chi connectivity index (χ0) is 16.2. The van der Waals surface area contributed by atoms with E-state index in [9.17, 15) is 10.2 Å². The Labute approximate surface area is 141 Å². The average molecular weight is 339 g/mol. The molecule has 0 saturated heterocycles. The van der Waals surface area contributed by atoms with Gasteiger partial charge in [-0.15, -0.1) is 0 Å². The summed E-state index contributed by atoms with van der Waals surface area (Å²) in [6.07, 6.45) is 8.13. The van der Waals surface area contributed by atoms with E-state index in [1.165, 1.54) is 0 Å². The van der Waals surface area contributed by atoms with Crippen LogP contribution in [0.1, 0.15) is 51.4 Å². The molecule has 6 heteroatoms. The van der Waals surface area contributed by atoms with E-state index in [0.717, 1.165) is 51.4 Å². The Morgan fingerprint density at radius 3 is 2.09 bits per heavy atom. The molecule has 5 nitrogen and oxygen atoms in total. The number of ether oxygens (including phenoxy) is 1. The van der Waals surface area contributed by atoms with Gasteiger partial charge in [0.05, 0.1) is 18.3 Å². The van der Waals surface area contributed by atoms with E-state index in [4.69, 9.17) is 21.8 Å². The van der Waals surface area contributed by atoms with Crippen molar-refractivity contribution in [2.24, 2.45) is 0 Å². The second-order valence-corrected chi connectivity index (χ2v) is 6.97.